The van der Waals surface area contributed by atoms with Crippen molar-refractivity contribution < 1.29 is 14.3 Å². The molecular formula is C22H19NO3. The minimum atomic E-state index is -0.145. The van der Waals surface area contributed by atoms with Crippen LogP contribution in [0.15, 0.2) is 66.7 Å². The van der Waals surface area contributed by atoms with Gasteiger partial charge in [-0.25, -0.2) is 0 Å². The number of benzene rings is 3. The number of carbonyl (C=O) groups is 2. The molecule has 1 amide bonds. The molecule has 0 spiro atoms. The second-order valence-electron chi connectivity index (χ2n) is 5.86. The lowest BCUT2D eigenvalue weighted by molar-refractivity contribution is -0.114. The first-order chi connectivity index (χ1) is 12.6. The average molecular weight is 345 g/mol. The van der Waals surface area contributed by atoms with Crippen LogP contribution in [-0.2, 0) is 4.79 Å². The summed E-state index contributed by atoms with van der Waals surface area (Å²) in [6.07, 6.45) is 3.35. The van der Waals surface area contributed by atoms with Crippen LogP contribution < -0.4 is 10.1 Å². The number of carbonyl (C=O) groups excluding carboxylic acids is 2. The highest BCUT2D eigenvalue weighted by molar-refractivity contribution is 6.08. The first kappa shape index (κ1) is 17.4. The van der Waals surface area contributed by atoms with Gasteiger partial charge in [0.2, 0.25) is 5.91 Å². The van der Waals surface area contributed by atoms with Crippen LogP contribution in [0.2, 0.25) is 0 Å². The smallest absolute Gasteiger partial charge is 0.221 e. The number of nitrogens with one attached hydrogen (secondary N) is 1. The predicted octanol–water partition coefficient (Wildman–Crippen LogP) is 4.70. The number of amides is 1. The Morgan fingerprint density at radius 2 is 1.65 bits per heavy atom. The number of ketones is 1. The van der Waals surface area contributed by atoms with Crippen molar-refractivity contribution in [3.63, 3.8) is 0 Å². The molecule has 0 aliphatic heterocycles. The van der Waals surface area contributed by atoms with Gasteiger partial charge in [-0.3, -0.25) is 9.59 Å². The fourth-order valence-corrected chi connectivity index (χ4v) is 2.83. The maximum absolute atomic E-state index is 12.4. The normalized spacial score (nSPS) is 10.8. The monoisotopic (exact) mass is 345 g/mol. The Balaban J connectivity index is 1.87. The SMILES string of the molecule is COc1cccc2cccc(/C=C/C(=O)c3ccc(NC(C)=O)cc3)c12. The van der Waals surface area contributed by atoms with Crippen LogP contribution >= 0.6 is 0 Å². The van der Waals surface area contributed by atoms with E-state index in [1.165, 1.54) is 6.92 Å². The van der Waals surface area contributed by atoms with Gasteiger partial charge in [-0.1, -0.05) is 36.4 Å². The summed E-state index contributed by atoms with van der Waals surface area (Å²) in [4.78, 5) is 23.5. The Labute approximate surface area is 152 Å². The Bertz CT molecular complexity index is 983. The van der Waals surface area contributed by atoms with Gasteiger partial charge in [0.25, 0.3) is 0 Å². The zero-order chi connectivity index (χ0) is 18.5. The van der Waals surface area contributed by atoms with Gasteiger partial charge in [0, 0.05) is 23.6 Å². The van der Waals surface area contributed by atoms with E-state index in [1.807, 2.05) is 36.4 Å². The zero-order valence-electron chi connectivity index (χ0n) is 14.7. The van der Waals surface area contributed by atoms with Crippen LogP contribution in [0.25, 0.3) is 16.8 Å². The summed E-state index contributed by atoms with van der Waals surface area (Å²) in [6, 6.07) is 18.6. The van der Waals surface area contributed by atoms with E-state index >= 15 is 0 Å². The third-order valence-corrected chi connectivity index (χ3v) is 4.02. The number of ether oxygens (including phenoxy) is 1. The van der Waals surface area contributed by atoms with Crippen molar-refractivity contribution in [1.29, 1.82) is 0 Å². The molecule has 130 valence electrons. The van der Waals surface area contributed by atoms with Gasteiger partial charge in [-0.05, 0) is 47.4 Å². The fraction of sp³-hybridized carbons (Fsp3) is 0.0909. The molecule has 1 N–H and O–H groups in total. The summed E-state index contributed by atoms with van der Waals surface area (Å²) in [5.41, 5.74) is 2.14. The highest BCUT2D eigenvalue weighted by Crippen LogP contribution is 2.29. The van der Waals surface area contributed by atoms with Crippen LogP contribution in [-0.4, -0.2) is 18.8 Å². The van der Waals surface area contributed by atoms with Crippen molar-refractivity contribution in [3.05, 3.63) is 77.9 Å². The van der Waals surface area contributed by atoms with Crippen LogP contribution in [0.5, 0.6) is 5.75 Å². The van der Waals surface area contributed by atoms with E-state index in [1.54, 1.807) is 43.5 Å². The molecule has 26 heavy (non-hydrogen) atoms. The number of hydrogen-bond donors (Lipinski definition) is 1. The minimum Gasteiger partial charge on any atom is -0.496 e. The predicted molar refractivity (Wildman–Crippen MR) is 105 cm³/mol. The van der Waals surface area contributed by atoms with E-state index in [9.17, 15) is 9.59 Å². The van der Waals surface area contributed by atoms with E-state index in [0.29, 0.717) is 11.3 Å². The molecule has 0 saturated heterocycles. The fourth-order valence-electron chi connectivity index (χ4n) is 2.83. The van der Waals surface area contributed by atoms with Gasteiger partial charge in [-0.15, -0.1) is 0 Å². The summed E-state index contributed by atoms with van der Waals surface area (Å²) >= 11 is 0. The van der Waals surface area contributed by atoms with Gasteiger partial charge in [0.05, 0.1) is 7.11 Å². The molecule has 0 aliphatic carbocycles. The topological polar surface area (TPSA) is 55.4 Å². The highest BCUT2D eigenvalue weighted by Gasteiger charge is 2.06. The molecule has 0 unspecified atom stereocenters. The molecule has 0 aromatic heterocycles. The van der Waals surface area contributed by atoms with Crippen molar-refractivity contribution in [2.75, 3.05) is 12.4 Å². The van der Waals surface area contributed by atoms with Crippen molar-refractivity contribution in [3.8, 4) is 5.75 Å². The van der Waals surface area contributed by atoms with Crippen LogP contribution in [0.3, 0.4) is 0 Å². The Hall–Kier alpha value is -3.40. The molecule has 0 atom stereocenters. The van der Waals surface area contributed by atoms with E-state index in [-0.39, 0.29) is 11.7 Å². The lowest BCUT2D eigenvalue weighted by atomic mass is 10.0. The summed E-state index contributed by atoms with van der Waals surface area (Å²) in [7, 11) is 1.64. The zero-order valence-corrected chi connectivity index (χ0v) is 14.7. The number of hydrogen-bond acceptors (Lipinski definition) is 3. The van der Waals surface area contributed by atoms with Crippen LogP contribution in [0.4, 0.5) is 5.69 Å². The Kier molecular flexibility index (Phi) is 5.13. The summed E-state index contributed by atoms with van der Waals surface area (Å²) in [6.45, 7) is 1.44. The number of rotatable bonds is 5. The average Bonchev–Trinajstić information content (AvgIpc) is 2.65. The second kappa shape index (κ2) is 7.66. The number of anilines is 1. The molecule has 4 heteroatoms. The molecule has 3 aromatic rings. The van der Waals surface area contributed by atoms with Gasteiger partial charge in [-0.2, -0.15) is 0 Å². The largest absolute Gasteiger partial charge is 0.496 e. The summed E-state index contributed by atoms with van der Waals surface area (Å²) < 4.78 is 5.45. The number of fused-ring (bicyclic) bond motifs is 1. The van der Waals surface area contributed by atoms with Crippen LogP contribution in [0, 0.1) is 0 Å². The first-order valence-electron chi connectivity index (χ1n) is 8.24. The van der Waals surface area contributed by atoms with Crippen molar-refractivity contribution in [2.24, 2.45) is 0 Å². The molecular weight excluding hydrogens is 326 g/mol. The third-order valence-electron chi connectivity index (χ3n) is 4.02. The molecule has 0 radical (unpaired) electrons. The molecule has 0 aliphatic rings. The molecule has 0 saturated carbocycles. The Morgan fingerprint density at radius 3 is 2.31 bits per heavy atom. The van der Waals surface area contributed by atoms with Crippen molar-refractivity contribution in [1.82, 2.24) is 0 Å². The molecule has 3 rings (SSSR count). The van der Waals surface area contributed by atoms with Gasteiger partial charge in [0.15, 0.2) is 5.78 Å². The Morgan fingerprint density at radius 1 is 0.962 bits per heavy atom. The number of methoxy groups -OCH3 is 1. The molecule has 0 fully saturated rings. The van der Waals surface area contributed by atoms with Gasteiger partial charge >= 0.3 is 0 Å². The molecule has 4 nitrogen and oxygen atoms in total. The lowest BCUT2D eigenvalue weighted by Crippen LogP contribution is -2.05. The van der Waals surface area contributed by atoms with Crippen molar-refractivity contribution in [2.45, 2.75) is 6.92 Å². The van der Waals surface area contributed by atoms with Gasteiger partial charge in [0.1, 0.15) is 5.75 Å². The quantitative estimate of drug-likeness (QED) is 0.538. The molecule has 3 aromatic carbocycles. The van der Waals surface area contributed by atoms with Crippen molar-refractivity contribution >= 4 is 34.2 Å². The van der Waals surface area contributed by atoms with E-state index in [4.69, 9.17) is 4.74 Å². The maximum atomic E-state index is 12.4. The first-order valence-corrected chi connectivity index (χ1v) is 8.24. The van der Waals surface area contributed by atoms with Gasteiger partial charge < -0.3 is 10.1 Å². The summed E-state index contributed by atoms with van der Waals surface area (Å²) in [5.74, 6) is 0.523. The molecule has 0 heterocycles. The number of allylic oxidation sites excluding steroid dienone is 1. The minimum absolute atomic E-state index is 0.105. The molecule has 0 bridgehead atoms. The lowest BCUT2D eigenvalue weighted by Gasteiger charge is -2.08. The van der Waals surface area contributed by atoms with E-state index in [2.05, 4.69) is 5.32 Å². The third kappa shape index (κ3) is 3.81. The standard InChI is InChI=1S/C22H19NO3/c1-15(24)23-19-12-9-16(10-13-19)20(25)14-11-18-6-3-5-17-7-4-8-21(26-2)22(17)18/h3-14H,1-2H3,(H,23,24)/b14-11+. The maximum Gasteiger partial charge on any atom is 0.221 e. The van der Waals surface area contributed by atoms with E-state index in [0.717, 1.165) is 22.1 Å². The van der Waals surface area contributed by atoms with Crippen LogP contribution in [0.1, 0.15) is 22.8 Å². The van der Waals surface area contributed by atoms with E-state index < -0.39 is 0 Å². The second-order valence-corrected chi connectivity index (χ2v) is 5.86. The highest BCUT2D eigenvalue weighted by atomic mass is 16.5. The summed E-state index contributed by atoms with van der Waals surface area (Å²) in [5, 5.41) is 4.71.